The maximum Gasteiger partial charge on any atom is 0.0308 e. The molecule has 4 heteroatoms. The number of benzene rings is 2. The highest BCUT2D eigenvalue weighted by molar-refractivity contribution is 9.11. The first-order valence-corrected chi connectivity index (χ1v) is 8.81. The van der Waals surface area contributed by atoms with E-state index in [1.807, 2.05) is 0 Å². The summed E-state index contributed by atoms with van der Waals surface area (Å²) in [6, 6.07) is 15.3. The third kappa shape index (κ3) is 4.17. The molecule has 1 N–H and O–H groups in total. The fraction of sp³-hybridized carbons (Fsp3) is 0.250. The fourth-order valence-electron chi connectivity index (χ4n) is 2.17. The summed E-state index contributed by atoms with van der Waals surface area (Å²) in [6.45, 7) is 4.37. The normalized spacial score (nSPS) is 14.1. The molecule has 2 aromatic rings. The van der Waals surface area contributed by atoms with Crippen molar-refractivity contribution in [3.63, 3.8) is 0 Å². The van der Waals surface area contributed by atoms with Crippen LogP contribution in [-0.2, 0) is 0 Å². The third-order valence-corrected chi connectivity index (χ3v) is 5.01. The Balaban J connectivity index is 2.10. The molecule has 2 rings (SSSR count). The lowest BCUT2D eigenvalue weighted by atomic mass is 10.0. The number of hydrogen-bond donors (Lipinski definition) is 1. The zero-order valence-corrected chi connectivity index (χ0v) is 16.1. The van der Waals surface area contributed by atoms with Crippen molar-refractivity contribution in [1.82, 2.24) is 5.32 Å². The smallest absolute Gasteiger partial charge is 0.0308 e. The van der Waals surface area contributed by atoms with Crippen molar-refractivity contribution in [3.8, 4) is 0 Å². The minimum atomic E-state index is 0.274. The molecule has 0 aromatic heterocycles. The number of halogens is 3. The van der Waals surface area contributed by atoms with Crippen molar-refractivity contribution in [1.29, 1.82) is 0 Å². The van der Waals surface area contributed by atoms with Crippen LogP contribution in [-0.4, -0.2) is 0 Å². The first-order chi connectivity index (χ1) is 9.47. The minimum absolute atomic E-state index is 0.274. The van der Waals surface area contributed by atoms with Crippen molar-refractivity contribution < 1.29 is 0 Å². The van der Waals surface area contributed by atoms with Gasteiger partial charge in [-0.25, -0.2) is 0 Å². The van der Waals surface area contributed by atoms with Gasteiger partial charge in [0.05, 0.1) is 0 Å². The summed E-state index contributed by atoms with van der Waals surface area (Å²) in [7, 11) is 0. The molecule has 0 radical (unpaired) electrons. The van der Waals surface area contributed by atoms with Crippen molar-refractivity contribution in [3.05, 3.63) is 67.0 Å². The second-order valence-corrected chi connectivity index (χ2v) is 7.51. The lowest BCUT2D eigenvalue weighted by molar-refractivity contribution is 0.493. The molecule has 2 aromatic carbocycles. The zero-order chi connectivity index (χ0) is 14.7. The van der Waals surface area contributed by atoms with E-state index in [4.69, 9.17) is 0 Å². The van der Waals surface area contributed by atoms with E-state index in [0.29, 0.717) is 6.04 Å². The van der Waals surface area contributed by atoms with Crippen LogP contribution in [0.3, 0.4) is 0 Å². The monoisotopic (exact) mass is 459 g/mol. The first-order valence-electron chi connectivity index (χ1n) is 6.44. The van der Waals surface area contributed by atoms with Gasteiger partial charge in [0.15, 0.2) is 0 Å². The molecule has 1 nitrogen and oxygen atoms in total. The Morgan fingerprint density at radius 2 is 1.40 bits per heavy atom. The molecule has 0 bridgehead atoms. The summed E-state index contributed by atoms with van der Waals surface area (Å²) in [6.07, 6.45) is 0. The SMILES string of the molecule is CC(N[C@H](C)c1ccc(Br)cc1)c1ccc(Br)cc1Br. The van der Waals surface area contributed by atoms with E-state index in [9.17, 15) is 0 Å². The third-order valence-electron chi connectivity index (χ3n) is 3.30. The van der Waals surface area contributed by atoms with E-state index in [2.05, 4.69) is 109 Å². The first kappa shape index (κ1) is 16.2. The summed E-state index contributed by atoms with van der Waals surface area (Å²) >= 11 is 10.6. The van der Waals surface area contributed by atoms with Crippen LogP contribution in [0, 0.1) is 0 Å². The van der Waals surface area contributed by atoms with Gasteiger partial charge in [-0.2, -0.15) is 0 Å². The van der Waals surface area contributed by atoms with E-state index in [-0.39, 0.29) is 6.04 Å². The van der Waals surface area contributed by atoms with Crippen molar-refractivity contribution in [2.24, 2.45) is 0 Å². The zero-order valence-electron chi connectivity index (χ0n) is 11.3. The van der Waals surface area contributed by atoms with Crippen molar-refractivity contribution in [2.45, 2.75) is 25.9 Å². The molecule has 0 saturated carbocycles. The molecule has 0 aliphatic carbocycles. The van der Waals surface area contributed by atoms with Crippen LogP contribution < -0.4 is 5.32 Å². The summed E-state index contributed by atoms with van der Waals surface area (Å²) in [5.74, 6) is 0. The van der Waals surface area contributed by atoms with Crippen LogP contribution in [0.1, 0.15) is 37.1 Å². The second-order valence-electron chi connectivity index (χ2n) is 4.83. The molecule has 0 aliphatic heterocycles. The van der Waals surface area contributed by atoms with Crippen LogP contribution >= 0.6 is 47.8 Å². The largest absolute Gasteiger partial charge is 0.304 e. The predicted octanol–water partition coefficient (Wildman–Crippen LogP) is 6.39. The molecule has 106 valence electrons. The summed E-state index contributed by atoms with van der Waals surface area (Å²) in [5.41, 5.74) is 2.55. The van der Waals surface area contributed by atoms with Crippen LogP contribution in [0.15, 0.2) is 55.9 Å². The van der Waals surface area contributed by atoms with Gasteiger partial charge in [0.25, 0.3) is 0 Å². The molecular formula is C16H16Br3N. The molecule has 0 heterocycles. The number of hydrogen-bond acceptors (Lipinski definition) is 1. The van der Waals surface area contributed by atoms with Crippen LogP contribution in [0.25, 0.3) is 0 Å². The van der Waals surface area contributed by atoms with E-state index in [0.717, 1.165) is 13.4 Å². The van der Waals surface area contributed by atoms with E-state index in [1.54, 1.807) is 0 Å². The molecular weight excluding hydrogens is 446 g/mol. The molecule has 0 saturated heterocycles. The highest BCUT2D eigenvalue weighted by Crippen LogP contribution is 2.28. The van der Waals surface area contributed by atoms with E-state index >= 15 is 0 Å². The van der Waals surface area contributed by atoms with E-state index < -0.39 is 0 Å². The molecule has 20 heavy (non-hydrogen) atoms. The molecule has 1 unspecified atom stereocenters. The summed E-state index contributed by atoms with van der Waals surface area (Å²) < 4.78 is 3.31. The second kappa shape index (κ2) is 7.21. The standard InChI is InChI=1S/C16H16Br3N/c1-10(12-3-5-13(17)6-4-12)20-11(2)15-8-7-14(18)9-16(15)19/h3-11,20H,1-2H3/t10-,11?/m1/s1. The van der Waals surface area contributed by atoms with Gasteiger partial charge in [-0.05, 0) is 49.2 Å². The average Bonchev–Trinajstić information content (AvgIpc) is 2.39. The Labute approximate surface area is 145 Å². The minimum Gasteiger partial charge on any atom is -0.304 e. The van der Waals surface area contributed by atoms with Gasteiger partial charge >= 0.3 is 0 Å². The van der Waals surface area contributed by atoms with Crippen molar-refractivity contribution in [2.75, 3.05) is 0 Å². The Kier molecular flexibility index (Phi) is 5.84. The maximum absolute atomic E-state index is 3.63. The molecule has 0 amide bonds. The molecule has 2 atom stereocenters. The summed E-state index contributed by atoms with van der Waals surface area (Å²) in [5, 5.41) is 3.63. The van der Waals surface area contributed by atoms with Crippen LogP contribution in [0.2, 0.25) is 0 Å². The van der Waals surface area contributed by atoms with Gasteiger partial charge in [0.1, 0.15) is 0 Å². The molecule has 0 aliphatic rings. The Hall–Kier alpha value is -0.160. The molecule has 0 spiro atoms. The average molecular weight is 462 g/mol. The highest BCUT2D eigenvalue weighted by Gasteiger charge is 2.13. The van der Waals surface area contributed by atoms with Crippen LogP contribution in [0.4, 0.5) is 0 Å². The van der Waals surface area contributed by atoms with Gasteiger partial charge in [-0.1, -0.05) is 66.0 Å². The number of rotatable bonds is 4. The Bertz CT molecular complexity index is 581. The Morgan fingerprint density at radius 3 is 2.00 bits per heavy atom. The van der Waals surface area contributed by atoms with Gasteiger partial charge in [0.2, 0.25) is 0 Å². The number of nitrogens with one attached hydrogen (secondary N) is 1. The van der Waals surface area contributed by atoms with Gasteiger partial charge in [-0.15, -0.1) is 0 Å². The topological polar surface area (TPSA) is 12.0 Å². The lowest BCUT2D eigenvalue weighted by Crippen LogP contribution is -2.22. The van der Waals surface area contributed by atoms with Crippen molar-refractivity contribution >= 4 is 47.8 Å². The highest BCUT2D eigenvalue weighted by atomic mass is 79.9. The predicted molar refractivity (Wildman–Crippen MR) is 95.9 cm³/mol. The van der Waals surface area contributed by atoms with Gasteiger partial charge in [-0.3, -0.25) is 0 Å². The lowest BCUT2D eigenvalue weighted by Gasteiger charge is -2.22. The summed E-state index contributed by atoms with van der Waals surface area (Å²) in [4.78, 5) is 0. The quantitative estimate of drug-likeness (QED) is 0.556. The van der Waals surface area contributed by atoms with E-state index in [1.165, 1.54) is 11.1 Å². The van der Waals surface area contributed by atoms with Gasteiger partial charge < -0.3 is 5.32 Å². The Morgan fingerprint density at radius 1 is 0.800 bits per heavy atom. The molecule has 0 fully saturated rings. The fourth-order valence-corrected chi connectivity index (χ4v) is 3.82. The maximum atomic E-state index is 3.63. The van der Waals surface area contributed by atoms with Crippen LogP contribution in [0.5, 0.6) is 0 Å². The van der Waals surface area contributed by atoms with Gasteiger partial charge in [0, 0.05) is 25.5 Å².